The minimum absolute atomic E-state index is 0.00565. The molecule has 0 spiro atoms. The van der Waals surface area contributed by atoms with Crippen molar-refractivity contribution in [3.05, 3.63) is 29.2 Å². The van der Waals surface area contributed by atoms with Gasteiger partial charge in [0.15, 0.2) is 11.6 Å². The van der Waals surface area contributed by atoms with Gasteiger partial charge in [0.05, 0.1) is 17.3 Å². The molecule has 2 amide bonds. The Morgan fingerprint density at radius 3 is 2.57 bits per heavy atom. The van der Waals surface area contributed by atoms with Gasteiger partial charge in [0, 0.05) is 12.1 Å². The number of halogens is 1. The summed E-state index contributed by atoms with van der Waals surface area (Å²) < 4.78 is 19.6. The molecule has 0 aliphatic heterocycles. The first-order valence-corrected chi connectivity index (χ1v) is 8.80. The maximum Gasteiger partial charge on any atom is 0.404 e. The number of carbonyl (C=O) groups is 2. The normalized spacial score (nSPS) is 19.1. The van der Waals surface area contributed by atoms with Gasteiger partial charge in [-0.1, -0.05) is 18.0 Å². The fraction of sp³-hybridized carbons (Fsp3) is 0.412. The van der Waals surface area contributed by atoms with Crippen LogP contribution in [-0.2, 0) is 0 Å². The average Bonchev–Trinajstić information content (AvgIpc) is 3.03. The lowest BCUT2D eigenvalue weighted by molar-refractivity contribution is 0.1000. The van der Waals surface area contributed by atoms with E-state index < -0.39 is 17.8 Å². The number of hydrogen-bond donors (Lipinski definition) is 5. The Morgan fingerprint density at radius 2 is 1.96 bits per heavy atom. The number of carbonyl (C=O) groups excluding carboxylic acids is 1. The van der Waals surface area contributed by atoms with E-state index in [0.717, 1.165) is 18.9 Å². The van der Waals surface area contributed by atoms with Gasteiger partial charge in [-0.3, -0.25) is 4.79 Å². The highest BCUT2D eigenvalue weighted by molar-refractivity contribution is 5.98. The van der Waals surface area contributed by atoms with E-state index in [4.69, 9.17) is 15.4 Å². The van der Waals surface area contributed by atoms with Gasteiger partial charge in [-0.2, -0.15) is 0 Å². The minimum Gasteiger partial charge on any atom is -0.465 e. The molecule has 0 unspecified atom stereocenters. The van der Waals surface area contributed by atoms with E-state index in [1.807, 2.05) is 0 Å². The Morgan fingerprint density at radius 1 is 1.25 bits per heavy atom. The molecule has 2 aromatic rings. The van der Waals surface area contributed by atoms with E-state index in [-0.39, 0.29) is 35.2 Å². The van der Waals surface area contributed by atoms with E-state index >= 15 is 0 Å². The summed E-state index contributed by atoms with van der Waals surface area (Å²) in [4.78, 5) is 26.8. The van der Waals surface area contributed by atoms with Crippen LogP contribution in [0.4, 0.5) is 26.7 Å². The quantitative estimate of drug-likeness (QED) is 0.502. The summed E-state index contributed by atoms with van der Waals surface area (Å²) in [5, 5.41) is 20.9. The highest BCUT2D eigenvalue weighted by Gasteiger charge is 2.28. The van der Waals surface area contributed by atoms with Crippen LogP contribution < -0.4 is 21.7 Å². The van der Waals surface area contributed by atoms with Crippen LogP contribution >= 0.6 is 0 Å². The third-order valence-corrected chi connectivity index (χ3v) is 4.51. The van der Waals surface area contributed by atoms with Crippen molar-refractivity contribution in [3.8, 4) is 0 Å². The summed E-state index contributed by atoms with van der Waals surface area (Å²) in [5.41, 5.74) is 5.78. The monoisotopic (exact) mass is 392 g/mol. The van der Waals surface area contributed by atoms with Crippen molar-refractivity contribution in [1.82, 2.24) is 15.5 Å². The maximum atomic E-state index is 14.5. The number of pyridine rings is 1. The van der Waals surface area contributed by atoms with Gasteiger partial charge in [-0.25, -0.2) is 14.2 Å². The van der Waals surface area contributed by atoms with Crippen molar-refractivity contribution in [2.75, 3.05) is 10.6 Å². The summed E-state index contributed by atoms with van der Waals surface area (Å²) in [6.45, 7) is 1.72. The van der Waals surface area contributed by atoms with Crippen LogP contribution in [0.1, 0.15) is 41.7 Å². The molecule has 0 aromatic carbocycles. The largest absolute Gasteiger partial charge is 0.465 e. The second-order valence-corrected chi connectivity index (χ2v) is 6.63. The molecule has 2 atom stereocenters. The average molecular weight is 392 g/mol. The number of amides is 2. The Bertz CT molecular complexity index is 887. The molecule has 1 saturated carbocycles. The van der Waals surface area contributed by atoms with Crippen molar-refractivity contribution in [2.45, 2.75) is 44.7 Å². The number of carboxylic acid groups (broad SMARTS) is 1. The molecule has 0 bridgehead atoms. The SMILES string of the molecule is Cc1cc(Nc2nc(N[C@@H]3CCCC[C@@H]3NC(=O)O)c(F)cc2C(N)=O)on1. The fourth-order valence-corrected chi connectivity index (χ4v) is 3.22. The predicted molar refractivity (Wildman–Crippen MR) is 98.1 cm³/mol. The molecular weight excluding hydrogens is 371 g/mol. The summed E-state index contributed by atoms with van der Waals surface area (Å²) in [7, 11) is 0. The van der Waals surface area contributed by atoms with E-state index in [9.17, 15) is 14.0 Å². The molecule has 28 heavy (non-hydrogen) atoms. The van der Waals surface area contributed by atoms with Crippen LogP contribution in [0.3, 0.4) is 0 Å². The van der Waals surface area contributed by atoms with Crippen molar-refractivity contribution in [3.63, 3.8) is 0 Å². The summed E-state index contributed by atoms with van der Waals surface area (Å²) in [6.07, 6.45) is 1.89. The van der Waals surface area contributed by atoms with Crippen LogP contribution in [0, 0.1) is 12.7 Å². The molecule has 1 aliphatic carbocycles. The number of primary amides is 1. The van der Waals surface area contributed by atoms with Gasteiger partial charge in [0.2, 0.25) is 5.88 Å². The van der Waals surface area contributed by atoms with Crippen LogP contribution in [0.5, 0.6) is 0 Å². The lowest BCUT2D eigenvalue weighted by Gasteiger charge is -2.32. The van der Waals surface area contributed by atoms with Crippen LogP contribution in [-0.4, -0.2) is 39.3 Å². The van der Waals surface area contributed by atoms with Gasteiger partial charge in [-0.05, 0) is 25.8 Å². The summed E-state index contributed by atoms with van der Waals surface area (Å²) in [6, 6.07) is 1.84. The number of rotatable bonds is 6. The standard InChI is InChI=1S/C17H21FN6O4/c1-8-6-13(28-24-8)22-15-9(14(19)25)7-10(18)16(23-15)20-11-4-2-3-5-12(11)21-17(26)27/h6-7,11-12,21H,2-5H2,1H3,(H2,19,25)(H,26,27)(H2,20,22,23)/t11-,12+/m1/s1. The molecular formula is C17H21FN6O4. The molecule has 1 aliphatic rings. The molecule has 11 heteroatoms. The van der Waals surface area contributed by atoms with Crippen molar-refractivity contribution in [1.29, 1.82) is 0 Å². The third-order valence-electron chi connectivity index (χ3n) is 4.51. The van der Waals surface area contributed by atoms with Crippen molar-refractivity contribution in [2.24, 2.45) is 5.73 Å². The Balaban J connectivity index is 1.88. The maximum absolute atomic E-state index is 14.5. The Labute approximate surface area is 159 Å². The molecule has 6 N–H and O–H groups in total. The fourth-order valence-electron chi connectivity index (χ4n) is 3.22. The van der Waals surface area contributed by atoms with Crippen LogP contribution in [0.15, 0.2) is 16.7 Å². The second kappa shape index (κ2) is 8.11. The van der Waals surface area contributed by atoms with E-state index in [1.54, 1.807) is 13.0 Å². The second-order valence-electron chi connectivity index (χ2n) is 6.63. The topological polar surface area (TPSA) is 155 Å². The zero-order valence-electron chi connectivity index (χ0n) is 15.2. The van der Waals surface area contributed by atoms with E-state index in [0.29, 0.717) is 18.5 Å². The number of aromatic nitrogens is 2. The van der Waals surface area contributed by atoms with Crippen molar-refractivity contribution >= 4 is 29.5 Å². The van der Waals surface area contributed by atoms with E-state index in [2.05, 4.69) is 26.1 Å². The molecule has 0 radical (unpaired) electrons. The zero-order valence-corrected chi connectivity index (χ0v) is 15.2. The molecule has 3 rings (SSSR count). The lowest BCUT2D eigenvalue weighted by Crippen LogP contribution is -2.48. The van der Waals surface area contributed by atoms with Crippen LogP contribution in [0.2, 0.25) is 0 Å². The molecule has 2 heterocycles. The summed E-state index contributed by atoms with van der Waals surface area (Å²) >= 11 is 0. The number of nitrogens with zero attached hydrogens (tertiary/aromatic N) is 2. The van der Waals surface area contributed by atoms with Gasteiger partial charge < -0.3 is 31.3 Å². The first-order valence-electron chi connectivity index (χ1n) is 8.80. The van der Waals surface area contributed by atoms with Crippen LogP contribution in [0.25, 0.3) is 0 Å². The molecule has 10 nitrogen and oxygen atoms in total. The zero-order chi connectivity index (χ0) is 20.3. The summed E-state index contributed by atoms with van der Waals surface area (Å²) in [5.74, 6) is -1.53. The third kappa shape index (κ3) is 4.48. The number of aryl methyl sites for hydroxylation is 1. The smallest absolute Gasteiger partial charge is 0.404 e. The first-order chi connectivity index (χ1) is 13.3. The number of hydrogen-bond acceptors (Lipinski definition) is 7. The number of nitrogens with one attached hydrogen (secondary N) is 3. The number of anilines is 3. The van der Waals surface area contributed by atoms with Crippen molar-refractivity contribution < 1.29 is 23.6 Å². The highest BCUT2D eigenvalue weighted by atomic mass is 19.1. The Kier molecular flexibility index (Phi) is 5.62. The van der Waals surface area contributed by atoms with Gasteiger partial charge >= 0.3 is 6.09 Å². The molecule has 1 fully saturated rings. The molecule has 150 valence electrons. The first kappa shape index (κ1) is 19.4. The van der Waals surface area contributed by atoms with E-state index in [1.165, 1.54) is 0 Å². The number of nitrogens with two attached hydrogens (primary N) is 1. The Hall–Kier alpha value is -3.37. The molecule has 2 aromatic heterocycles. The lowest BCUT2D eigenvalue weighted by atomic mass is 9.90. The highest BCUT2D eigenvalue weighted by Crippen LogP contribution is 2.27. The molecule has 0 saturated heterocycles. The van der Waals surface area contributed by atoms with Gasteiger partial charge in [0.25, 0.3) is 5.91 Å². The minimum atomic E-state index is -1.14. The predicted octanol–water partition coefficient (Wildman–Crippen LogP) is 2.35. The van der Waals surface area contributed by atoms with Gasteiger partial charge in [0.1, 0.15) is 5.82 Å². The van der Waals surface area contributed by atoms with Gasteiger partial charge in [-0.15, -0.1) is 0 Å².